The van der Waals surface area contributed by atoms with Crippen molar-refractivity contribution in [2.24, 2.45) is 0 Å². The lowest BCUT2D eigenvalue weighted by atomic mass is 10.0. The summed E-state index contributed by atoms with van der Waals surface area (Å²) in [6.07, 6.45) is 36.9. The van der Waals surface area contributed by atoms with Crippen molar-refractivity contribution in [2.75, 3.05) is 13.2 Å². The zero-order valence-electron chi connectivity index (χ0n) is 28.0. The monoisotopic (exact) mass is 595 g/mol. The number of hydrogen-bond donors (Lipinski definition) is 1. The van der Waals surface area contributed by atoms with E-state index in [0.717, 1.165) is 44.9 Å². The topological polar surface area (TPSA) is 72.8 Å². The van der Waals surface area contributed by atoms with E-state index < -0.39 is 6.10 Å². The molecule has 0 aliphatic rings. The maximum absolute atomic E-state index is 12.1. The molecule has 5 heteroatoms. The molecule has 0 aromatic heterocycles. The van der Waals surface area contributed by atoms with Gasteiger partial charge in [-0.3, -0.25) is 9.59 Å². The number of allylic oxidation sites excluding steroid dienone is 2. The fourth-order valence-corrected chi connectivity index (χ4v) is 5.25. The fourth-order valence-electron chi connectivity index (χ4n) is 5.25. The Morgan fingerprint density at radius 2 is 0.881 bits per heavy atom. The molecule has 0 aromatic rings. The predicted octanol–water partition coefficient (Wildman–Crippen LogP) is 11.0. The van der Waals surface area contributed by atoms with Crippen LogP contribution in [0.2, 0.25) is 0 Å². The van der Waals surface area contributed by atoms with Gasteiger partial charge in [0.1, 0.15) is 6.61 Å². The van der Waals surface area contributed by atoms with Crippen molar-refractivity contribution in [2.45, 2.75) is 200 Å². The number of unbranched alkanes of at least 4 members (excludes halogenated alkanes) is 23. The molecule has 0 rings (SSSR count). The van der Waals surface area contributed by atoms with Gasteiger partial charge >= 0.3 is 11.9 Å². The zero-order valence-corrected chi connectivity index (χ0v) is 28.0. The van der Waals surface area contributed by atoms with Crippen LogP contribution in [0.5, 0.6) is 0 Å². The van der Waals surface area contributed by atoms with Crippen molar-refractivity contribution in [1.82, 2.24) is 0 Å². The van der Waals surface area contributed by atoms with E-state index in [-0.39, 0.29) is 25.2 Å². The number of esters is 2. The minimum Gasteiger partial charge on any atom is -0.462 e. The Bertz CT molecular complexity index is 603. The van der Waals surface area contributed by atoms with Crippen molar-refractivity contribution >= 4 is 11.9 Å². The van der Waals surface area contributed by atoms with Crippen molar-refractivity contribution in [3.05, 3.63) is 12.2 Å². The fraction of sp³-hybridized carbons (Fsp3) is 0.892. The third-order valence-electron chi connectivity index (χ3n) is 8.06. The SMILES string of the molecule is CCCCCC/C=C\CCCCCCCC(=O)OC[C@H](CO)OC(=O)CCCCCCCCCCCCCCCCC. The molecule has 42 heavy (non-hydrogen) atoms. The Morgan fingerprint density at radius 3 is 1.31 bits per heavy atom. The maximum Gasteiger partial charge on any atom is 0.306 e. The van der Waals surface area contributed by atoms with Crippen LogP contribution in [-0.4, -0.2) is 36.4 Å². The van der Waals surface area contributed by atoms with E-state index >= 15 is 0 Å². The summed E-state index contributed by atoms with van der Waals surface area (Å²) in [5, 5.41) is 9.52. The first-order valence-electron chi connectivity index (χ1n) is 18.2. The Labute approximate surface area is 261 Å². The lowest BCUT2D eigenvalue weighted by Gasteiger charge is -2.15. The predicted molar refractivity (Wildman–Crippen MR) is 178 cm³/mol. The van der Waals surface area contributed by atoms with E-state index in [1.54, 1.807) is 0 Å². The van der Waals surface area contributed by atoms with Gasteiger partial charge in [0.05, 0.1) is 6.61 Å². The van der Waals surface area contributed by atoms with Gasteiger partial charge in [0.2, 0.25) is 0 Å². The quantitative estimate of drug-likeness (QED) is 0.0465. The second-order valence-corrected chi connectivity index (χ2v) is 12.3. The van der Waals surface area contributed by atoms with Crippen molar-refractivity contribution < 1.29 is 24.2 Å². The first-order chi connectivity index (χ1) is 20.6. The molecule has 1 N–H and O–H groups in total. The summed E-state index contributed by atoms with van der Waals surface area (Å²) in [5.41, 5.74) is 0. The highest BCUT2D eigenvalue weighted by Crippen LogP contribution is 2.14. The third-order valence-corrected chi connectivity index (χ3v) is 8.06. The van der Waals surface area contributed by atoms with Crippen LogP contribution >= 0.6 is 0 Å². The maximum atomic E-state index is 12.1. The van der Waals surface area contributed by atoms with Gasteiger partial charge in [0.25, 0.3) is 0 Å². The summed E-state index contributed by atoms with van der Waals surface area (Å²) < 4.78 is 10.6. The smallest absolute Gasteiger partial charge is 0.306 e. The number of aliphatic hydroxyl groups is 1. The van der Waals surface area contributed by atoms with Crippen LogP contribution in [0.3, 0.4) is 0 Å². The van der Waals surface area contributed by atoms with Crippen LogP contribution < -0.4 is 0 Å². The average Bonchev–Trinajstić information content (AvgIpc) is 2.99. The Hall–Kier alpha value is -1.36. The normalized spacial score (nSPS) is 12.2. The van der Waals surface area contributed by atoms with Gasteiger partial charge in [-0.05, 0) is 38.5 Å². The number of carbonyl (C=O) groups is 2. The third kappa shape index (κ3) is 31.6. The Kier molecular flexibility index (Phi) is 33.0. The van der Waals surface area contributed by atoms with Gasteiger partial charge in [-0.25, -0.2) is 0 Å². The molecule has 0 spiro atoms. The lowest BCUT2D eigenvalue weighted by molar-refractivity contribution is -0.161. The largest absolute Gasteiger partial charge is 0.462 e. The highest BCUT2D eigenvalue weighted by atomic mass is 16.6. The molecule has 0 amide bonds. The second-order valence-electron chi connectivity index (χ2n) is 12.3. The summed E-state index contributed by atoms with van der Waals surface area (Å²) in [6.45, 7) is 4.12. The number of rotatable bonds is 33. The van der Waals surface area contributed by atoms with Gasteiger partial charge in [-0.1, -0.05) is 154 Å². The number of hydrogen-bond acceptors (Lipinski definition) is 5. The minimum atomic E-state index is -0.766. The van der Waals surface area contributed by atoms with Crippen molar-refractivity contribution in [3.8, 4) is 0 Å². The Balaban J connectivity index is 3.54. The molecular weight excluding hydrogens is 524 g/mol. The van der Waals surface area contributed by atoms with Gasteiger partial charge in [0.15, 0.2) is 6.10 Å². The molecule has 0 saturated carbocycles. The van der Waals surface area contributed by atoms with E-state index in [2.05, 4.69) is 26.0 Å². The molecule has 0 bridgehead atoms. The van der Waals surface area contributed by atoms with Gasteiger partial charge < -0.3 is 14.6 Å². The molecular formula is C37H70O5. The molecule has 0 aliphatic heterocycles. The molecule has 1 atom stereocenters. The minimum absolute atomic E-state index is 0.0648. The molecule has 5 nitrogen and oxygen atoms in total. The molecule has 0 saturated heterocycles. The summed E-state index contributed by atoms with van der Waals surface area (Å²) in [7, 11) is 0. The van der Waals surface area contributed by atoms with Gasteiger partial charge in [0, 0.05) is 12.8 Å². The van der Waals surface area contributed by atoms with E-state index in [1.165, 1.54) is 122 Å². The molecule has 0 fully saturated rings. The van der Waals surface area contributed by atoms with Crippen molar-refractivity contribution in [1.29, 1.82) is 0 Å². The first kappa shape index (κ1) is 40.6. The van der Waals surface area contributed by atoms with Crippen LogP contribution in [0, 0.1) is 0 Å². The van der Waals surface area contributed by atoms with Crippen LogP contribution in [-0.2, 0) is 19.1 Å². The molecule has 0 radical (unpaired) electrons. The summed E-state index contributed by atoms with van der Waals surface area (Å²) in [5.74, 6) is -0.593. The number of ether oxygens (including phenoxy) is 2. The summed E-state index contributed by atoms with van der Waals surface area (Å²) in [6, 6.07) is 0. The number of aliphatic hydroxyl groups excluding tert-OH is 1. The number of carbonyl (C=O) groups excluding carboxylic acids is 2. The summed E-state index contributed by atoms with van der Waals surface area (Å²) in [4.78, 5) is 24.1. The summed E-state index contributed by atoms with van der Waals surface area (Å²) >= 11 is 0. The van der Waals surface area contributed by atoms with E-state index in [0.29, 0.717) is 12.8 Å². The van der Waals surface area contributed by atoms with E-state index in [4.69, 9.17) is 9.47 Å². The lowest BCUT2D eigenvalue weighted by Crippen LogP contribution is -2.28. The standard InChI is InChI=1S/C37H70O5/c1-3-5-7-9-11-13-15-17-18-20-22-24-26-28-30-32-37(40)42-35(33-38)34-41-36(39)31-29-27-25-23-21-19-16-14-12-10-8-6-4-2/h14,16,35,38H,3-13,15,17-34H2,1-2H3/b16-14-/t35-/m0/s1. The van der Waals surface area contributed by atoms with E-state index in [1.807, 2.05) is 0 Å². The van der Waals surface area contributed by atoms with Crippen molar-refractivity contribution in [3.63, 3.8) is 0 Å². The first-order valence-corrected chi connectivity index (χ1v) is 18.2. The molecule has 0 heterocycles. The molecule has 0 aliphatic carbocycles. The zero-order chi connectivity index (χ0) is 30.8. The highest BCUT2D eigenvalue weighted by Gasteiger charge is 2.16. The second kappa shape index (κ2) is 34.1. The molecule has 0 unspecified atom stereocenters. The molecule has 248 valence electrons. The van der Waals surface area contributed by atoms with Crippen LogP contribution in [0.15, 0.2) is 12.2 Å². The Morgan fingerprint density at radius 1 is 0.524 bits per heavy atom. The average molecular weight is 595 g/mol. The van der Waals surface area contributed by atoms with Gasteiger partial charge in [-0.2, -0.15) is 0 Å². The van der Waals surface area contributed by atoms with Crippen LogP contribution in [0.4, 0.5) is 0 Å². The van der Waals surface area contributed by atoms with Crippen LogP contribution in [0.1, 0.15) is 194 Å². The van der Waals surface area contributed by atoms with Gasteiger partial charge in [-0.15, -0.1) is 0 Å². The highest BCUT2D eigenvalue weighted by molar-refractivity contribution is 5.70. The molecule has 0 aromatic carbocycles. The van der Waals surface area contributed by atoms with E-state index in [9.17, 15) is 14.7 Å². The van der Waals surface area contributed by atoms with Crippen LogP contribution in [0.25, 0.3) is 0 Å².